The van der Waals surface area contributed by atoms with Crippen LogP contribution in [0.4, 0.5) is 18.9 Å². The van der Waals surface area contributed by atoms with Gasteiger partial charge >= 0.3 is 6.61 Å². The number of nitrogens with zero attached hydrogens (tertiary/aromatic N) is 1. The van der Waals surface area contributed by atoms with E-state index in [1.54, 1.807) is 6.21 Å². The molecule has 0 saturated carbocycles. The lowest BCUT2D eigenvalue weighted by Gasteiger charge is -2.05. The first-order valence-corrected chi connectivity index (χ1v) is 7.57. The highest BCUT2D eigenvalue weighted by atomic mass is 19.3. The van der Waals surface area contributed by atoms with E-state index in [0.29, 0.717) is 5.69 Å². The normalized spacial score (nSPS) is 11.2. The topological polar surface area (TPSA) is 21.6 Å². The fraction of sp³-hybridized carbons (Fsp3) is 0.211. The molecular weight excluding hydrogens is 315 g/mol. The second kappa shape index (κ2) is 8.91. The van der Waals surface area contributed by atoms with Crippen molar-refractivity contribution in [3.8, 4) is 5.75 Å². The molecule has 0 N–H and O–H groups in total. The van der Waals surface area contributed by atoms with Gasteiger partial charge in [0.15, 0.2) is 11.6 Å². The van der Waals surface area contributed by atoms with E-state index >= 15 is 0 Å². The molecule has 0 atom stereocenters. The molecule has 0 unspecified atom stereocenters. The Bertz CT molecular complexity index is 696. The average molecular weight is 333 g/mol. The second-order valence-electron chi connectivity index (χ2n) is 5.17. The molecule has 0 aromatic heterocycles. The van der Waals surface area contributed by atoms with Crippen molar-refractivity contribution < 1.29 is 17.9 Å². The van der Waals surface area contributed by atoms with Gasteiger partial charge in [0.25, 0.3) is 0 Å². The Labute approximate surface area is 139 Å². The van der Waals surface area contributed by atoms with E-state index in [1.807, 2.05) is 30.3 Å². The maximum Gasteiger partial charge on any atom is 0.387 e. The molecule has 0 saturated heterocycles. The molecule has 0 aliphatic heterocycles. The lowest BCUT2D eigenvalue weighted by atomic mass is 10.1. The van der Waals surface area contributed by atoms with Crippen molar-refractivity contribution in [1.29, 1.82) is 0 Å². The van der Waals surface area contributed by atoms with Gasteiger partial charge in [-0.05, 0) is 42.5 Å². The van der Waals surface area contributed by atoms with Crippen molar-refractivity contribution in [2.75, 3.05) is 0 Å². The lowest BCUT2D eigenvalue weighted by Crippen LogP contribution is -2.03. The highest BCUT2D eigenvalue weighted by Gasteiger charge is 2.09. The van der Waals surface area contributed by atoms with E-state index in [2.05, 4.69) is 16.3 Å². The third kappa shape index (κ3) is 5.57. The number of halogens is 3. The van der Waals surface area contributed by atoms with Crippen LogP contribution in [0.1, 0.15) is 24.0 Å². The summed E-state index contributed by atoms with van der Waals surface area (Å²) in [7, 11) is 0. The maximum absolute atomic E-state index is 13.6. The molecule has 0 bridgehead atoms. The van der Waals surface area contributed by atoms with Gasteiger partial charge in [0.1, 0.15) is 0 Å². The highest BCUT2D eigenvalue weighted by molar-refractivity contribution is 5.82. The standard InChI is InChI=1S/C19H18F3NO/c1-2-3-4-5-14-6-8-15(9-7-14)13-23-16-10-11-18(17(20)12-16)24-19(21)22/h2,6-13,19H,1,3-5H2. The zero-order valence-electron chi connectivity index (χ0n) is 13.1. The maximum atomic E-state index is 13.6. The summed E-state index contributed by atoms with van der Waals surface area (Å²) < 4.78 is 41.8. The number of ether oxygens (including phenoxy) is 1. The van der Waals surface area contributed by atoms with Crippen LogP contribution in [0.3, 0.4) is 0 Å². The van der Waals surface area contributed by atoms with E-state index in [-0.39, 0.29) is 0 Å². The predicted octanol–water partition coefficient (Wildman–Crippen LogP) is 5.69. The van der Waals surface area contributed by atoms with Gasteiger partial charge in [-0.1, -0.05) is 30.3 Å². The lowest BCUT2D eigenvalue weighted by molar-refractivity contribution is -0.0521. The number of hydrogen-bond donors (Lipinski definition) is 0. The number of benzene rings is 2. The molecule has 0 heterocycles. The van der Waals surface area contributed by atoms with Gasteiger partial charge in [-0.25, -0.2) is 4.39 Å². The van der Waals surface area contributed by atoms with Gasteiger partial charge in [-0.2, -0.15) is 8.78 Å². The number of aliphatic imine (C=N–C) groups is 1. The first kappa shape index (κ1) is 17.8. The van der Waals surface area contributed by atoms with Crippen molar-refractivity contribution in [3.05, 3.63) is 72.1 Å². The molecule has 2 nitrogen and oxygen atoms in total. The van der Waals surface area contributed by atoms with Crippen LogP contribution in [0.2, 0.25) is 0 Å². The third-order valence-electron chi connectivity index (χ3n) is 3.35. The van der Waals surface area contributed by atoms with Crippen molar-refractivity contribution in [2.45, 2.75) is 25.9 Å². The molecule has 0 fully saturated rings. The Morgan fingerprint density at radius 3 is 2.50 bits per heavy atom. The zero-order valence-corrected chi connectivity index (χ0v) is 13.1. The quantitative estimate of drug-likeness (QED) is 0.346. The Balaban J connectivity index is 2.00. The number of rotatable bonds is 8. The molecule has 2 aromatic rings. The van der Waals surface area contributed by atoms with E-state index < -0.39 is 18.2 Å². The largest absolute Gasteiger partial charge is 0.432 e. The molecular formula is C19H18F3NO. The molecule has 5 heteroatoms. The smallest absolute Gasteiger partial charge is 0.387 e. The number of allylic oxidation sites excluding steroid dienone is 1. The average Bonchev–Trinajstić information content (AvgIpc) is 2.56. The minimum Gasteiger partial charge on any atom is -0.432 e. The van der Waals surface area contributed by atoms with Crippen LogP contribution in [0.15, 0.2) is 60.1 Å². The Kier molecular flexibility index (Phi) is 6.61. The second-order valence-corrected chi connectivity index (χ2v) is 5.17. The van der Waals surface area contributed by atoms with Crippen LogP contribution in [-0.4, -0.2) is 12.8 Å². The molecule has 2 aromatic carbocycles. The SMILES string of the molecule is C=CCCCc1ccc(C=Nc2ccc(OC(F)F)c(F)c2)cc1. The number of aryl methyl sites for hydroxylation is 1. The molecule has 2 rings (SSSR count). The van der Waals surface area contributed by atoms with E-state index in [1.165, 1.54) is 11.6 Å². The molecule has 0 radical (unpaired) electrons. The minimum absolute atomic E-state index is 0.323. The van der Waals surface area contributed by atoms with Gasteiger partial charge in [0, 0.05) is 12.3 Å². The Hall–Kier alpha value is -2.56. The minimum atomic E-state index is -3.06. The molecule has 0 aliphatic rings. The van der Waals surface area contributed by atoms with Crippen LogP contribution in [0.5, 0.6) is 5.75 Å². The first-order valence-electron chi connectivity index (χ1n) is 7.57. The first-order chi connectivity index (χ1) is 11.6. The third-order valence-corrected chi connectivity index (χ3v) is 3.35. The number of unbranched alkanes of at least 4 members (excludes halogenated alkanes) is 1. The van der Waals surface area contributed by atoms with Crippen LogP contribution < -0.4 is 4.74 Å². The van der Waals surface area contributed by atoms with Crippen molar-refractivity contribution in [2.24, 2.45) is 4.99 Å². The van der Waals surface area contributed by atoms with Gasteiger partial charge < -0.3 is 4.74 Å². The molecule has 126 valence electrons. The Morgan fingerprint density at radius 1 is 1.12 bits per heavy atom. The summed E-state index contributed by atoms with van der Waals surface area (Å²) >= 11 is 0. The summed E-state index contributed by atoms with van der Waals surface area (Å²) in [6, 6.07) is 11.5. The summed E-state index contributed by atoms with van der Waals surface area (Å²) in [6.07, 6.45) is 6.53. The van der Waals surface area contributed by atoms with Crippen molar-refractivity contribution in [1.82, 2.24) is 0 Å². The summed E-state index contributed by atoms with van der Waals surface area (Å²) in [6.45, 7) is 0.639. The van der Waals surface area contributed by atoms with Gasteiger partial charge in [-0.3, -0.25) is 4.99 Å². The summed E-state index contributed by atoms with van der Waals surface area (Å²) in [5.74, 6) is -1.37. The molecule has 24 heavy (non-hydrogen) atoms. The van der Waals surface area contributed by atoms with Gasteiger partial charge in [0.05, 0.1) is 5.69 Å². The van der Waals surface area contributed by atoms with Crippen LogP contribution in [-0.2, 0) is 6.42 Å². The van der Waals surface area contributed by atoms with Crippen LogP contribution in [0, 0.1) is 5.82 Å². The fourth-order valence-corrected chi connectivity index (χ4v) is 2.13. The summed E-state index contributed by atoms with van der Waals surface area (Å²) in [4.78, 5) is 4.14. The van der Waals surface area contributed by atoms with E-state index in [9.17, 15) is 13.2 Å². The van der Waals surface area contributed by atoms with Crippen LogP contribution in [0.25, 0.3) is 0 Å². The fourth-order valence-electron chi connectivity index (χ4n) is 2.13. The van der Waals surface area contributed by atoms with Crippen molar-refractivity contribution >= 4 is 11.9 Å². The van der Waals surface area contributed by atoms with Gasteiger partial charge in [-0.15, -0.1) is 6.58 Å². The van der Waals surface area contributed by atoms with E-state index in [4.69, 9.17) is 0 Å². The molecule has 0 spiro atoms. The van der Waals surface area contributed by atoms with Gasteiger partial charge in [0.2, 0.25) is 0 Å². The predicted molar refractivity (Wildman–Crippen MR) is 89.9 cm³/mol. The summed E-state index contributed by atoms with van der Waals surface area (Å²) in [5.41, 5.74) is 2.42. The molecule has 0 amide bonds. The summed E-state index contributed by atoms with van der Waals surface area (Å²) in [5, 5.41) is 0. The number of hydrogen-bond acceptors (Lipinski definition) is 2. The van der Waals surface area contributed by atoms with Crippen molar-refractivity contribution in [3.63, 3.8) is 0 Å². The van der Waals surface area contributed by atoms with E-state index in [0.717, 1.165) is 37.0 Å². The van der Waals surface area contributed by atoms with Crippen LogP contribution >= 0.6 is 0 Å². The Morgan fingerprint density at radius 2 is 1.88 bits per heavy atom. The molecule has 0 aliphatic carbocycles. The zero-order chi connectivity index (χ0) is 17.4. The number of alkyl halides is 2. The monoisotopic (exact) mass is 333 g/mol. The highest BCUT2D eigenvalue weighted by Crippen LogP contribution is 2.24.